The van der Waals surface area contributed by atoms with Crippen molar-refractivity contribution in [1.29, 1.82) is 0 Å². The number of nitrogens with zero attached hydrogens (tertiary/aromatic N) is 5. The first-order valence-electron chi connectivity index (χ1n) is 12.2. The summed E-state index contributed by atoms with van der Waals surface area (Å²) in [7, 11) is 3.65. The Morgan fingerprint density at radius 3 is 2.32 bits per heavy atom. The van der Waals surface area contributed by atoms with Gasteiger partial charge in [0.15, 0.2) is 0 Å². The molecular weight excluding hydrogens is 496 g/mol. The second-order valence-electron chi connectivity index (χ2n) is 9.44. The maximum absolute atomic E-state index is 12.6. The first-order valence-corrected chi connectivity index (χ1v) is 12.9. The zero-order valence-electron chi connectivity index (χ0n) is 21.2. The molecule has 0 aliphatic rings. The first kappa shape index (κ1) is 23.9. The predicted octanol–water partition coefficient (Wildman–Crippen LogP) is 4.39. The van der Waals surface area contributed by atoms with Crippen molar-refractivity contribution >= 4 is 39.3 Å². The molecule has 0 aliphatic carbocycles. The molecule has 5 aromatic heterocycles. The minimum atomic E-state index is -0.732. The smallest absolute Gasteiger partial charge is 0.272 e. The fourth-order valence-corrected chi connectivity index (χ4v) is 5.61. The fourth-order valence-electron chi connectivity index (χ4n) is 5.35. The number of aromatic nitrogens is 5. The van der Waals surface area contributed by atoms with Gasteiger partial charge in [-0.2, -0.15) is 0 Å². The van der Waals surface area contributed by atoms with E-state index in [2.05, 4.69) is 22.5 Å². The average molecular weight is 523 g/mol. The summed E-state index contributed by atoms with van der Waals surface area (Å²) < 4.78 is 17.7. The zero-order valence-corrected chi connectivity index (χ0v) is 22.1. The van der Waals surface area contributed by atoms with Crippen LogP contribution in [0.1, 0.15) is 18.3 Å². The first-order chi connectivity index (χ1) is 18.4. The second-order valence-corrected chi connectivity index (χ2v) is 10.2. The van der Waals surface area contributed by atoms with Gasteiger partial charge in [-0.1, -0.05) is 12.1 Å². The molecule has 0 amide bonds. The van der Waals surface area contributed by atoms with Crippen LogP contribution >= 0.6 is 0 Å². The van der Waals surface area contributed by atoms with E-state index in [0.29, 0.717) is 5.52 Å². The van der Waals surface area contributed by atoms with Gasteiger partial charge in [0.1, 0.15) is 22.9 Å². The molecule has 0 saturated carbocycles. The van der Waals surface area contributed by atoms with Crippen molar-refractivity contribution < 1.29 is 4.21 Å². The van der Waals surface area contributed by atoms with Crippen molar-refractivity contribution in [3.8, 4) is 11.1 Å². The molecule has 0 fully saturated rings. The van der Waals surface area contributed by atoms with Crippen LogP contribution in [0, 0.1) is 0 Å². The molecule has 1 aromatic carbocycles. The van der Waals surface area contributed by atoms with E-state index in [1.807, 2.05) is 78.6 Å². The molecule has 0 saturated heterocycles. The number of pyridine rings is 3. The third kappa shape index (κ3) is 3.58. The van der Waals surface area contributed by atoms with Crippen LogP contribution in [0.5, 0.6) is 0 Å². The standard InChI is InChI=1S/C29H26N6O2S/c1-29(25-8-4-6-12-30-25,26-9-5-7-13-31-26)35-15-11-21-23(34(3)38-37)16-19(17-24(21)35)22-18-33(2)27-20(22)10-14-32-28(27)36/h4-18,38H,1-3H3,(H,32,36). The van der Waals surface area contributed by atoms with Crippen LogP contribution in [0.3, 0.4) is 0 Å². The third-order valence-electron chi connectivity index (χ3n) is 7.28. The Hall–Kier alpha value is -4.50. The second kappa shape index (κ2) is 9.11. The SMILES string of the molecule is CN([SH]=O)c1cc(-c2cn(C)c3c(=O)[nH]ccc23)cc2c1ccn2C(C)(c1ccccn1)c1ccccn1. The van der Waals surface area contributed by atoms with Crippen molar-refractivity contribution in [1.82, 2.24) is 24.1 Å². The van der Waals surface area contributed by atoms with Gasteiger partial charge >= 0.3 is 0 Å². The molecule has 6 aromatic rings. The van der Waals surface area contributed by atoms with Gasteiger partial charge in [0, 0.05) is 61.4 Å². The number of rotatable bonds is 6. The minimum Gasteiger partial charge on any atom is -0.345 e. The molecule has 38 heavy (non-hydrogen) atoms. The largest absolute Gasteiger partial charge is 0.345 e. The highest BCUT2D eigenvalue weighted by molar-refractivity contribution is 7.67. The van der Waals surface area contributed by atoms with E-state index >= 15 is 0 Å². The lowest BCUT2D eigenvalue weighted by molar-refractivity contribution is 0.463. The molecule has 5 heterocycles. The maximum atomic E-state index is 12.6. The molecule has 0 aliphatic heterocycles. The zero-order chi connectivity index (χ0) is 26.4. The van der Waals surface area contributed by atoms with Crippen LogP contribution < -0.4 is 9.86 Å². The van der Waals surface area contributed by atoms with Crippen LogP contribution in [0.15, 0.2) is 96.4 Å². The number of benzene rings is 1. The van der Waals surface area contributed by atoms with Crippen LogP contribution in [0.2, 0.25) is 0 Å². The van der Waals surface area contributed by atoms with Crippen molar-refractivity contribution in [2.75, 3.05) is 11.4 Å². The third-order valence-corrected chi connectivity index (χ3v) is 7.74. The Morgan fingerprint density at radius 1 is 0.974 bits per heavy atom. The molecule has 0 unspecified atom stereocenters. The number of H-pyrrole nitrogens is 1. The minimum absolute atomic E-state index is 0.126. The van der Waals surface area contributed by atoms with Crippen molar-refractivity contribution in [3.63, 3.8) is 0 Å². The van der Waals surface area contributed by atoms with Crippen LogP contribution in [0.4, 0.5) is 5.69 Å². The number of hydrogen-bond donors (Lipinski definition) is 2. The number of fused-ring (bicyclic) bond motifs is 2. The number of nitrogens with one attached hydrogen (secondary N) is 1. The summed E-state index contributed by atoms with van der Waals surface area (Å²) in [5, 5.41) is 1.79. The molecule has 1 N–H and O–H groups in total. The predicted molar refractivity (Wildman–Crippen MR) is 153 cm³/mol. The molecule has 6 rings (SSSR count). The van der Waals surface area contributed by atoms with Gasteiger partial charge in [-0.15, -0.1) is 0 Å². The Balaban J connectivity index is 1.70. The van der Waals surface area contributed by atoms with E-state index in [1.165, 1.54) is 0 Å². The molecular formula is C29H26N6O2S. The van der Waals surface area contributed by atoms with Crippen molar-refractivity contribution in [2.45, 2.75) is 12.5 Å². The monoisotopic (exact) mass is 522 g/mol. The summed E-state index contributed by atoms with van der Waals surface area (Å²) in [4.78, 5) is 24.8. The molecule has 8 nitrogen and oxygen atoms in total. The number of hydrogen-bond acceptors (Lipinski definition) is 4. The molecule has 190 valence electrons. The Kier molecular flexibility index (Phi) is 5.72. The summed E-state index contributed by atoms with van der Waals surface area (Å²) >= 11 is -0.126. The summed E-state index contributed by atoms with van der Waals surface area (Å²) in [6.07, 6.45) is 9.24. The van der Waals surface area contributed by atoms with Gasteiger partial charge in [0.05, 0.1) is 22.6 Å². The van der Waals surface area contributed by atoms with Crippen molar-refractivity contribution in [2.24, 2.45) is 7.05 Å². The highest BCUT2D eigenvalue weighted by Crippen LogP contribution is 2.41. The number of aryl methyl sites for hydroxylation is 1. The average Bonchev–Trinajstić information content (AvgIpc) is 3.54. The van der Waals surface area contributed by atoms with Gasteiger partial charge in [0.2, 0.25) is 0 Å². The molecule has 0 spiro atoms. The Labute approximate surface area is 222 Å². The molecule has 9 heteroatoms. The van der Waals surface area contributed by atoms with E-state index in [0.717, 1.165) is 44.5 Å². The van der Waals surface area contributed by atoms with Gasteiger partial charge in [-0.25, -0.2) is 4.21 Å². The lowest BCUT2D eigenvalue weighted by Gasteiger charge is -2.32. The highest BCUT2D eigenvalue weighted by atomic mass is 32.2. The van der Waals surface area contributed by atoms with Gasteiger partial charge < -0.3 is 14.1 Å². The lowest BCUT2D eigenvalue weighted by atomic mass is 9.91. The highest BCUT2D eigenvalue weighted by Gasteiger charge is 2.35. The van der Waals surface area contributed by atoms with Gasteiger partial charge in [0.25, 0.3) is 5.56 Å². The maximum Gasteiger partial charge on any atom is 0.272 e. The van der Waals surface area contributed by atoms with E-state index in [9.17, 15) is 9.00 Å². The van der Waals surface area contributed by atoms with E-state index in [-0.39, 0.29) is 17.4 Å². The Bertz CT molecular complexity index is 1820. The molecule has 0 bridgehead atoms. The fraction of sp³-hybridized carbons (Fsp3) is 0.138. The van der Waals surface area contributed by atoms with E-state index in [4.69, 9.17) is 9.97 Å². The number of anilines is 1. The van der Waals surface area contributed by atoms with Crippen LogP contribution in [-0.4, -0.2) is 35.3 Å². The van der Waals surface area contributed by atoms with Gasteiger partial charge in [-0.3, -0.25) is 19.1 Å². The number of thiol groups is 1. The quantitative estimate of drug-likeness (QED) is 0.318. The summed E-state index contributed by atoms with van der Waals surface area (Å²) in [5.41, 5.74) is 4.96. The normalized spacial score (nSPS) is 11.9. The molecule has 0 radical (unpaired) electrons. The topological polar surface area (TPSA) is 88.8 Å². The summed E-state index contributed by atoms with van der Waals surface area (Å²) in [5.74, 6) is 0. The van der Waals surface area contributed by atoms with Gasteiger partial charge in [-0.05, 0) is 61.0 Å². The summed E-state index contributed by atoms with van der Waals surface area (Å²) in [6, 6.07) is 19.8. The van der Waals surface area contributed by atoms with Crippen molar-refractivity contribution in [3.05, 3.63) is 113 Å². The Morgan fingerprint density at radius 2 is 1.68 bits per heavy atom. The summed E-state index contributed by atoms with van der Waals surface area (Å²) in [6.45, 7) is 2.11. The van der Waals surface area contributed by atoms with Crippen LogP contribution in [0.25, 0.3) is 32.9 Å². The number of aromatic amines is 1. The van der Waals surface area contributed by atoms with E-state index < -0.39 is 5.54 Å². The van der Waals surface area contributed by atoms with Crippen LogP contribution in [-0.2, 0) is 24.4 Å². The van der Waals surface area contributed by atoms with E-state index in [1.54, 1.807) is 29.9 Å². The molecule has 0 atom stereocenters. The lowest BCUT2D eigenvalue weighted by Crippen LogP contribution is -2.34.